The van der Waals surface area contributed by atoms with Crippen LogP contribution in [0.25, 0.3) is 0 Å². The normalized spacial score (nSPS) is 12.7. The molecule has 2 aromatic rings. The first-order valence-electron chi connectivity index (χ1n) is 10.8. The smallest absolute Gasteiger partial charge is 0.354 e. The van der Waals surface area contributed by atoms with Crippen molar-refractivity contribution in [3.63, 3.8) is 0 Å². The summed E-state index contributed by atoms with van der Waals surface area (Å²) in [4.78, 5) is 27.2. The van der Waals surface area contributed by atoms with Crippen LogP contribution in [0.5, 0.6) is 0 Å². The number of hydrogen-bond acceptors (Lipinski definition) is 4. The van der Waals surface area contributed by atoms with Gasteiger partial charge in [-0.3, -0.25) is 13.9 Å². The standard InChI is InChI=1S/C23H26Cl2F3N3O4S/c1-4-10-29-22(33)15(2)30(13-16-6-5-7-17(24)11-16)21(32)14-31(36(3,34)35)18-8-9-20(25)19(12-18)23(26,27)28/h5-9,11-12,15H,4,10,13-14H2,1-3H3,(H,29,33)/t15-/m1/s1. The van der Waals surface area contributed by atoms with Crippen molar-refractivity contribution in [3.05, 3.63) is 63.6 Å². The Hall–Kier alpha value is -2.50. The van der Waals surface area contributed by atoms with Crippen LogP contribution in [0, 0.1) is 0 Å². The van der Waals surface area contributed by atoms with Gasteiger partial charge in [-0.25, -0.2) is 8.42 Å². The van der Waals surface area contributed by atoms with Crippen LogP contribution >= 0.6 is 23.2 Å². The van der Waals surface area contributed by atoms with Crippen molar-refractivity contribution in [1.82, 2.24) is 10.2 Å². The van der Waals surface area contributed by atoms with E-state index < -0.39 is 56.9 Å². The zero-order chi connectivity index (χ0) is 27.3. The molecule has 2 amide bonds. The fraction of sp³-hybridized carbons (Fsp3) is 0.391. The molecule has 0 heterocycles. The molecule has 1 N–H and O–H groups in total. The molecule has 0 aromatic heterocycles. The molecule has 0 aliphatic heterocycles. The number of halogens is 5. The predicted octanol–water partition coefficient (Wildman–Crippen LogP) is 4.72. The first-order chi connectivity index (χ1) is 16.6. The highest BCUT2D eigenvalue weighted by Crippen LogP contribution is 2.37. The molecule has 2 rings (SSSR count). The zero-order valence-electron chi connectivity index (χ0n) is 19.8. The Morgan fingerprint density at radius 3 is 2.33 bits per heavy atom. The number of carbonyl (C=O) groups is 2. The molecule has 0 bridgehead atoms. The first-order valence-corrected chi connectivity index (χ1v) is 13.4. The molecular formula is C23H26Cl2F3N3O4S. The summed E-state index contributed by atoms with van der Waals surface area (Å²) in [5.74, 6) is -1.27. The van der Waals surface area contributed by atoms with E-state index in [2.05, 4.69) is 5.32 Å². The number of amides is 2. The highest BCUT2D eigenvalue weighted by molar-refractivity contribution is 7.92. The fourth-order valence-electron chi connectivity index (χ4n) is 3.31. The van der Waals surface area contributed by atoms with Gasteiger partial charge in [-0.1, -0.05) is 42.3 Å². The summed E-state index contributed by atoms with van der Waals surface area (Å²) in [7, 11) is -4.21. The largest absolute Gasteiger partial charge is 0.417 e. The predicted molar refractivity (Wildman–Crippen MR) is 133 cm³/mol. The topological polar surface area (TPSA) is 86.8 Å². The van der Waals surface area contributed by atoms with Gasteiger partial charge in [0.15, 0.2) is 0 Å². The fourth-order valence-corrected chi connectivity index (χ4v) is 4.59. The van der Waals surface area contributed by atoms with E-state index >= 15 is 0 Å². The third kappa shape index (κ3) is 8.01. The lowest BCUT2D eigenvalue weighted by molar-refractivity contribution is -0.139. The highest BCUT2D eigenvalue weighted by Gasteiger charge is 2.35. The first kappa shape index (κ1) is 29.7. The van der Waals surface area contributed by atoms with Crippen LogP contribution in [0.1, 0.15) is 31.4 Å². The summed E-state index contributed by atoms with van der Waals surface area (Å²) >= 11 is 11.7. The molecule has 0 aliphatic carbocycles. The molecule has 0 saturated heterocycles. The van der Waals surface area contributed by atoms with Gasteiger partial charge in [-0.15, -0.1) is 0 Å². The quantitative estimate of drug-likeness (QED) is 0.450. The second kappa shape index (κ2) is 12.2. The maximum absolute atomic E-state index is 13.4. The van der Waals surface area contributed by atoms with Gasteiger partial charge in [0.05, 0.1) is 22.5 Å². The number of benzene rings is 2. The summed E-state index contributed by atoms with van der Waals surface area (Å²) < 4.78 is 65.7. The number of anilines is 1. The van der Waals surface area contributed by atoms with E-state index in [1.54, 1.807) is 24.3 Å². The maximum atomic E-state index is 13.4. The average molecular weight is 568 g/mol. The van der Waals surface area contributed by atoms with Crippen molar-refractivity contribution < 1.29 is 31.2 Å². The highest BCUT2D eigenvalue weighted by atomic mass is 35.5. The van der Waals surface area contributed by atoms with Gasteiger partial charge in [0, 0.05) is 18.1 Å². The summed E-state index contributed by atoms with van der Waals surface area (Å²) in [6, 6.07) is 8.07. The van der Waals surface area contributed by atoms with E-state index in [4.69, 9.17) is 23.2 Å². The van der Waals surface area contributed by atoms with Gasteiger partial charge < -0.3 is 10.2 Å². The van der Waals surface area contributed by atoms with Gasteiger partial charge in [-0.05, 0) is 49.2 Å². The summed E-state index contributed by atoms with van der Waals surface area (Å²) in [6.45, 7) is 2.76. The van der Waals surface area contributed by atoms with Crippen molar-refractivity contribution in [2.24, 2.45) is 0 Å². The minimum absolute atomic E-state index is 0.0911. The Labute approximate surface area is 218 Å². The van der Waals surface area contributed by atoms with Crippen LogP contribution < -0.4 is 9.62 Å². The molecule has 0 spiro atoms. The van der Waals surface area contributed by atoms with Crippen LogP contribution in [0.3, 0.4) is 0 Å². The molecule has 7 nitrogen and oxygen atoms in total. The van der Waals surface area contributed by atoms with Crippen LogP contribution in [-0.2, 0) is 32.3 Å². The van der Waals surface area contributed by atoms with E-state index in [-0.39, 0.29) is 6.54 Å². The van der Waals surface area contributed by atoms with E-state index in [0.29, 0.717) is 33.9 Å². The molecule has 1 atom stereocenters. The Balaban J connectivity index is 2.46. The van der Waals surface area contributed by atoms with E-state index in [0.717, 1.165) is 23.3 Å². The van der Waals surface area contributed by atoms with Crippen molar-refractivity contribution in [1.29, 1.82) is 0 Å². The molecule has 0 radical (unpaired) electrons. The lowest BCUT2D eigenvalue weighted by atomic mass is 10.1. The monoisotopic (exact) mass is 567 g/mol. The molecule has 0 aliphatic rings. The molecular weight excluding hydrogens is 542 g/mol. The lowest BCUT2D eigenvalue weighted by Gasteiger charge is -2.31. The molecule has 13 heteroatoms. The Morgan fingerprint density at radius 2 is 1.78 bits per heavy atom. The van der Waals surface area contributed by atoms with Gasteiger partial charge in [0.2, 0.25) is 21.8 Å². The molecule has 0 unspecified atom stereocenters. The molecule has 36 heavy (non-hydrogen) atoms. The second-order valence-electron chi connectivity index (χ2n) is 8.05. The van der Waals surface area contributed by atoms with Gasteiger partial charge >= 0.3 is 6.18 Å². The number of rotatable bonds is 10. The molecule has 198 valence electrons. The van der Waals surface area contributed by atoms with Crippen molar-refractivity contribution in [2.75, 3.05) is 23.7 Å². The second-order valence-corrected chi connectivity index (χ2v) is 10.8. The lowest BCUT2D eigenvalue weighted by Crippen LogP contribution is -2.51. The van der Waals surface area contributed by atoms with Crippen molar-refractivity contribution >= 4 is 50.7 Å². The summed E-state index contributed by atoms with van der Waals surface area (Å²) in [5.41, 5.74) is -1.07. The number of nitrogens with one attached hydrogen (secondary N) is 1. The summed E-state index contributed by atoms with van der Waals surface area (Å²) in [5, 5.41) is 2.45. The SMILES string of the molecule is CCCNC(=O)[C@@H](C)N(Cc1cccc(Cl)c1)C(=O)CN(c1ccc(Cl)c(C(F)(F)F)c1)S(C)(=O)=O. The minimum Gasteiger partial charge on any atom is -0.354 e. The number of hydrogen-bond donors (Lipinski definition) is 1. The third-order valence-corrected chi connectivity index (χ3v) is 6.89. The Morgan fingerprint density at radius 1 is 1.11 bits per heavy atom. The average Bonchev–Trinajstić information content (AvgIpc) is 2.78. The van der Waals surface area contributed by atoms with E-state index in [9.17, 15) is 31.2 Å². The van der Waals surface area contributed by atoms with Crippen LogP contribution in [0.15, 0.2) is 42.5 Å². The van der Waals surface area contributed by atoms with Crippen molar-refractivity contribution in [3.8, 4) is 0 Å². The third-order valence-electron chi connectivity index (χ3n) is 5.18. The Bertz CT molecular complexity index is 1210. The Kier molecular flexibility index (Phi) is 10.0. The van der Waals surface area contributed by atoms with Crippen LogP contribution in [0.4, 0.5) is 18.9 Å². The van der Waals surface area contributed by atoms with Gasteiger partial charge in [-0.2, -0.15) is 13.2 Å². The minimum atomic E-state index is -4.84. The maximum Gasteiger partial charge on any atom is 0.417 e. The summed E-state index contributed by atoms with van der Waals surface area (Å²) in [6.07, 6.45) is -3.42. The van der Waals surface area contributed by atoms with E-state index in [1.165, 1.54) is 6.92 Å². The van der Waals surface area contributed by atoms with Gasteiger partial charge in [0.1, 0.15) is 12.6 Å². The number of sulfonamides is 1. The number of carbonyl (C=O) groups excluding carboxylic acids is 2. The van der Waals surface area contributed by atoms with Crippen LogP contribution in [0.2, 0.25) is 10.0 Å². The van der Waals surface area contributed by atoms with Crippen LogP contribution in [-0.4, -0.2) is 50.5 Å². The number of alkyl halides is 3. The number of nitrogens with zero attached hydrogens (tertiary/aromatic N) is 2. The van der Waals surface area contributed by atoms with Crippen molar-refractivity contribution in [2.45, 2.75) is 39.0 Å². The molecule has 2 aromatic carbocycles. The molecule has 0 saturated carbocycles. The van der Waals surface area contributed by atoms with Gasteiger partial charge in [0.25, 0.3) is 0 Å². The van der Waals surface area contributed by atoms with E-state index in [1.807, 2.05) is 6.92 Å². The zero-order valence-corrected chi connectivity index (χ0v) is 22.1. The molecule has 0 fully saturated rings.